The monoisotopic (exact) mass is 210 g/mol. The molecule has 1 aromatic rings. The maximum absolute atomic E-state index is 5.83. The van der Waals surface area contributed by atoms with Crippen molar-refractivity contribution in [2.75, 3.05) is 20.3 Å². The minimum absolute atomic E-state index is 0.0145. The maximum Gasteiger partial charge on any atom is 0.213 e. The molecule has 0 aliphatic heterocycles. The van der Waals surface area contributed by atoms with Crippen LogP contribution in [0.3, 0.4) is 0 Å². The normalized spacial score (nSPS) is 12.5. The molecule has 1 unspecified atom stereocenters. The Morgan fingerprint density at radius 1 is 1.47 bits per heavy atom. The molecule has 1 heterocycles. The van der Waals surface area contributed by atoms with E-state index in [1.54, 1.807) is 7.11 Å². The van der Waals surface area contributed by atoms with Gasteiger partial charge in [0.2, 0.25) is 5.88 Å². The lowest BCUT2D eigenvalue weighted by Gasteiger charge is -2.10. The highest BCUT2D eigenvalue weighted by molar-refractivity contribution is 5.16. The molecule has 84 valence electrons. The Hall–Kier alpha value is -1.13. The standard InChI is InChI=1S/C11H18N2O2/c1-3-15-11-6-4-5-10(13-11)7-9(12)8-14-2/h4-6,9H,3,7-8,12H2,1-2H3. The van der Waals surface area contributed by atoms with Gasteiger partial charge in [-0.1, -0.05) is 6.07 Å². The summed E-state index contributed by atoms with van der Waals surface area (Å²) in [6.07, 6.45) is 0.703. The van der Waals surface area contributed by atoms with Gasteiger partial charge in [-0.25, -0.2) is 4.98 Å². The molecule has 0 saturated carbocycles. The van der Waals surface area contributed by atoms with Crippen LogP contribution in [0.25, 0.3) is 0 Å². The van der Waals surface area contributed by atoms with Crippen LogP contribution >= 0.6 is 0 Å². The summed E-state index contributed by atoms with van der Waals surface area (Å²) >= 11 is 0. The van der Waals surface area contributed by atoms with Crippen molar-refractivity contribution in [3.8, 4) is 5.88 Å². The minimum Gasteiger partial charge on any atom is -0.478 e. The summed E-state index contributed by atoms with van der Waals surface area (Å²) in [6, 6.07) is 5.69. The van der Waals surface area contributed by atoms with E-state index in [1.165, 1.54) is 0 Å². The van der Waals surface area contributed by atoms with Gasteiger partial charge < -0.3 is 15.2 Å². The van der Waals surface area contributed by atoms with Crippen molar-refractivity contribution in [1.82, 2.24) is 4.98 Å². The van der Waals surface area contributed by atoms with E-state index in [4.69, 9.17) is 15.2 Å². The van der Waals surface area contributed by atoms with Crippen molar-refractivity contribution in [2.24, 2.45) is 5.73 Å². The first-order valence-corrected chi connectivity index (χ1v) is 5.09. The molecule has 1 aromatic heterocycles. The predicted octanol–water partition coefficient (Wildman–Crippen LogP) is 0.996. The van der Waals surface area contributed by atoms with Gasteiger partial charge >= 0.3 is 0 Å². The van der Waals surface area contributed by atoms with E-state index >= 15 is 0 Å². The Balaban J connectivity index is 2.56. The second-order valence-electron chi connectivity index (χ2n) is 3.32. The lowest BCUT2D eigenvalue weighted by Crippen LogP contribution is -2.28. The number of ether oxygens (including phenoxy) is 2. The Labute approximate surface area is 90.4 Å². The molecular formula is C11H18N2O2. The zero-order valence-electron chi connectivity index (χ0n) is 9.27. The molecule has 0 fully saturated rings. The Kier molecular flexibility index (Phi) is 5.07. The van der Waals surface area contributed by atoms with Gasteiger partial charge in [-0.15, -0.1) is 0 Å². The molecule has 0 aliphatic rings. The van der Waals surface area contributed by atoms with Crippen molar-refractivity contribution in [3.63, 3.8) is 0 Å². The fourth-order valence-electron chi connectivity index (χ4n) is 1.34. The largest absolute Gasteiger partial charge is 0.478 e. The first kappa shape index (κ1) is 11.9. The van der Waals surface area contributed by atoms with E-state index in [9.17, 15) is 0 Å². The molecule has 4 heteroatoms. The summed E-state index contributed by atoms with van der Waals surface area (Å²) in [4.78, 5) is 4.33. The summed E-state index contributed by atoms with van der Waals surface area (Å²) in [5, 5.41) is 0. The summed E-state index contributed by atoms with van der Waals surface area (Å²) < 4.78 is 10.3. The summed E-state index contributed by atoms with van der Waals surface area (Å²) in [6.45, 7) is 3.10. The third-order valence-electron chi connectivity index (χ3n) is 1.93. The van der Waals surface area contributed by atoms with Crippen molar-refractivity contribution < 1.29 is 9.47 Å². The predicted molar refractivity (Wildman–Crippen MR) is 59.0 cm³/mol. The SMILES string of the molecule is CCOc1cccc(CC(N)COC)n1. The van der Waals surface area contributed by atoms with E-state index in [0.29, 0.717) is 25.5 Å². The number of rotatable bonds is 6. The van der Waals surface area contributed by atoms with Gasteiger partial charge in [0, 0.05) is 31.3 Å². The number of nitrogens with zero attached hydrogens (tertiary/aromatic N) is 1. The molecule has 2 N–H and O–H groups in total. The van der Waals surface area contributed by atoms with E-state index in [0.717, 1.165) is 5.69 Å². The fraction of sp³-hybridized carbons (Fsp3) is 0.545. The molecule has 0 saturated heterocycles. The fourth-order valence-corrected chi connectivity index (χ4v) is 1.34. The third kappa shape index (κ3) is 4.27. The average Bonchev–Trinajstić information content (AvgIpc) is 2.19. The Morgan fingerprint density at radius 3 is 2.93 bits per heavy atom. The Morgan fingerprint density at radius 2 is 2.27 bits per heavy atom. The molecular weight excluding hydrogens is 192 g/mol. The third-order valence-corrected chi connectivity index (χ3v) is 1.93. The summed E-state index contributed by atoms with van der Waals surface area (Å²) in [7, 11) is 1.64. The maximum atomic E-state index is 5.83. The quantitative estimate of drug-likeness (QED) is 0.761. The van der Waals surface area contributed by atoms with E-state index in [2.05, 4.69) is 4.98 Å². The summed E-state index contributed by atoms with van der Waals surface area (Å²) in [5.74, 6) is 0.652. The molecule has 0 aromatic carbocycles. The highest BCUT2D eigenvalue weighted by Crippen LogP contribution is 2.08. The highest BCUT2D eigenvalue weighted by Gasteiger charge is 2.05. The lowest BCUT2D eigenvalue weighted by atomic mass is 10.1. The molecule has 0 aliphatic carbocycles. The highest BCUT2D eigenvalue weighted by atomic mass is 16.5. The van der Waals surface area contributed by atoms with Crippen LogP contribution in [0.4, 0.5) is 0 Å². The van der Waals surface area contributed by atoms with Crippen molar-refractivity contribution in [1.29, 1.82) is 0 Å². The number of hydrogen-bond acceptors (Lipinski definition) is 4. The van der Waals surface area contributed by atoms with Gasteiger partial charge in [-0.2, -0.15) is 0 Å². The van der Waals surface area contributed by atoms with Gasteiger partial charge in [0.05, 0.1) is 13.2 Å². The van der Waals surface area contributed by atoms with Crippen molar-refractivity contribution in [2.45, 2.75) is 19.4 Å². The van der Waals surface area contributed by atoms with Crippen molar-refractivity contribution in [3.05, 3.63) is 23.9 Å². The van der Waals surface area contributed by atoms with E-state index in [-0.39, 0.29) is 6.04 Å². The van der Waals surface area contributed by atoms with Crippen LogP contribution in [0.15, 0.2) is 18.2 Å². The van der Waals surface area contributed by atoms with E-state index in [1.807, 2.05) is 25.1 Å². The van der Waals surface area contributed by atoms with Gasteiger partial charge in [0.1, 0.15) is 0 Å². The Bertz CT molecular complexity index is 292. The number of nitrogens with two attached hydrogens (primary N) is 1. The number of pyridine rings is 1. The van der Waals surface area contributed by atoms with Gasteiger partial charge in [-0.05, 0) is 13.0 Å². The minimum atomic E-state index is -0.0145. The van der Waals surface area contributed by atoms with Crippen LogP contribution in [-0.2, 0) is 11.2 Å². The first-order chi connectivity index (χ1) is 7.26. The van der Waals surface area contributed by atoms with Crippen LogP contribution < -0.4 is 10.5 Å². The topological polar surface area (TPSA) is 57.4 Å². The molecule has 0 spiro atoms. The lowest BCUT2D eigenvalue weighted by molar-refractivity contribution is 0.179. The molecule has 0 amide bonds. The molecule has 4 nitrogen and oxygen atoms in total. The average molecular weight is 210 g/mol. The summed E-state index contributed by atoms with van der Waals surface area (Å²) in [5.41, 5.74) is 6.77. The van der Waals surface area contributed by atoms with Crippen molar-refractivity contribution >= 4 is 0 Å². The van der Waals surface area contributed by atoms with Crippen LogP contribution in [0, 0.1) is 0 Å². The van der Waals surface area contributed by atoms with E-state index < -0.39 is 0 Å². The smallest absolute Gasteiger partial charge is 0.213 e. The first-order valence-electron chi connectivity index (χ1n) is 5.09. The van der Waals surface area contributed by atoms with Crippen LogP contribution in [0.5, 0.6) is 5.88 Å². The molecule has 0 bridgehead atoms. The zero-order valence-corrected chi connectivity index (χ0v) is 9.27. The van der Waals surface area contributed by atoms with Crippen LogP contribution in [-0.4, -0.2) is 31.3 Å². The molecule has 1 rings (SSSR count). The number of aromatic nitrogens is 1. The molecule has 15 heavy (non-hydrogen) atoms. The zero-order chi connectivity index (χ0) is 11.1. The van der Waals surface area contributed by atoms with Gasteiger partial charge in [-0.3, -0.25) is 0 Å². The second-order valence-corrected chi connectivity index (χ2v) is 3.32. The molecule has 0 radical (unpaired) electrons. The second kappa shape index (κ2) is 6.37. The number of hydrogen-bond donors (Lipinski definition) is 1. The van der Waals surface area contributed by atoms with Crippen LogP contribution in [0.1, 0.15) is 12.6 Å². The van der Waals surface area contributed by atoms with Gasteiger partial charge in [0.25, 0.3) is 0 Å². The van der Waals surface area contributed by atoms with Crippen LogP contribution in [0.2, 0.25) is 0 Å². The number of methoxy groups -OCH3 is 1. The van der Waals surface area contributed by atoms with Gasteiger partial charge in [0.15, 0.2) is 0 Å². The molecule has 1 atom stereocenters.